The molecular weight excluding hydrogens is 320 g/mol. The summed E-state index contributed by atoms with van der Waals surface area (Å²) >= 11 is 0. The average Bonchev–Trinajstić information content (AvgIpc) is 3.11. The van der Waals surface area contributed by atoms with Crippen molar-refractivity contribution in [3.63, 3.8) is 0 Å². The van der Waals surface area contributed by atoms with Gasteiger partial charge in [0.2, 0.25) is 11.8 Å². The summed E-state index contributed by atoms with van der Waals surface area (Å²) in [6.07, 6.45) is 0.450. The van der Waals surface area contributed by atoms with E-state index in [2.05, 4.69) is 20.8 Å². The first-order valence-electron chi connectivity index (χ1n) is 7.81. The highest BCUT2D eigenvalue weighted by Crippen LogP contribution is 2.21. The van der Waals surface area contributed by atoms with Crippen molar-refractivity contribution in [1.82, 2.24) is 15.5 Å². The smallest absolute Gasteiger partial charge is 0.319 e. The summed E-state index contributed by atoms with van der Waals surface area (Å²) in [6.45, 7) is 0.392. The largest absolute Gasteiger partial charge is 0.497 e. The number of aromatic nitrogens is 2. The fourth-order valence-corrected chi connectivity index (χ4v) is 2.18. The normalized spacial score (nSPS) is 10.3. The van der Waals surface area contributed by atoms with E-state index in [-0.39, 0.29) is 6.03 Å². The van der Waals surface area contributed by atoms with Crippen LogP contribution in [0.5, 0.6) is 5.75 Å². The number of para-hydroxylation sites is 1. The van der Waals surface area contributed by atoms with Crippen LogP contribution >= 0.6 is 0 Å². The summed E-state index contributed by atoms with van der Waals surface area (Å²) in [6, 6.07) is 16.3. The Kier molecular flexibility index (Phi) is 5.26. The summed E-state index contributed by atoms with van der Waals surface area (Å²) in [7, 11) is 1.61. The number of carbonyl (C=O) groups is 1. The van der Waals surface area contributed by atoms with Crippen LogP contribution in [0.4, 0.5) is 10.5 Å². The number of nitrogens with zero attached hydrogens (tertiary/aromatic N) is 2. The summed E-state index contributed by atoms with van der Waals surface area (Å²) in [5.41, 5.74) is 1.55. The molecule has 0 atom stereocenters. The van der Waals surface area contributed by atoms with Gasteiger partial charge in [-0.05, 0) is 36.4 Å². The van der Waals surface area contributed by atoms with Gasteiger partial charge in [0.1, 0.15) is 5.75 Å². The minimum Gasteiger partial charge on any atom is -0.497 e. The Morgan fingerprint density at radius 3 is 2.56 bits per heavy atom. The molecule has 0 aliphatic carbocycles. The molecule has 0 saturated heterocycles. The fourth-order valence-electron chi connectivity index (χ4n) is 2.18. The number of benzene rings is 2. The number of ether oxygens (including phenoxy) is 1. The van der Waals surface area contributed by atoms with Gasteiger partial charge in [-0.25, -0.2) is 4.79 Å². The Bertz CT molecular complexity index is 816. The highest BCUT2D eigenvalue weighted by Gasteiger charge is 2.09. The molecule has 0 radical (unpaired) electrons. The Labute approximate surface area is 145 Å². The lowest BCUT2D eigenvalue weighted by Crippen LogP contribution is -2.30. The third kappa shape index (κ3) is 4.57. The van der Waals surface area contributed by atoms with Crippen molar-refractivity contribution in [2.45, 2.75) is 6.42 Å². The standard InChI is InChI=1S/C18H18N4O3/c1-24-15-9-7-13(8-10-15)17-22-21-16(25-17)11-12-19-18(23)20-14-5-3-2-4-6-14/h2-10H,11-12H2,1H3,(H2,19,20,23). The highest BCUT2D eigenvalue weighted by atomic mass is 16.5. The van der Waals surface area contributed by atoms with E-state index in [4.69, 9.17) is 9.15 Å². The molecule has 3 rings (SSSR count). The first kappa shape index (κ1) is 16.5. The van der Waals surface area contributed by atoms with Crippen LogP contribution in [0.25, 0.3) is 11.5 Å². The summed E-state index contributed by atoms with van der Waals surface area (Å²) < 4.78 is 10.7. The van der Waals surface area contributed by atoms with Crippen LogP contribution in [0.3, 0.4) is 0 Å². The lowest BCUT2D eigenvalue weighted by atomic mass is 10.2. The Hall–Kier alpha value is -3.35. The van der Waals surface area contributed by atoms with Crippen molar-refractivity contribution in [3.05, 3.63) is 60.5 Å². The van der Waals surface area contributed by atoms with Crippen LogP contribution in [0.1, 0.15) is 5.89 Å². The summed E-state index contributed by atoms with van der Waals surface area (Å²) in [5, 5.41) is 13.5. The topological polar surface area (TPSA) is 89.3 Å². The van der Waals surface area contributed by atoms with Gasteiger partial charge in [-0.1, -0.05) is 18.2 Å². The molecule has 0 unspecified atom stereocenters. The highest BCUT2D eigenvalue weighted by molar-refractivity contribution is 5.89. The van der Waals surface area contributed by atoms with Gasteiger partial charge in [-0.2, -0.15) is 0 Å². The number of rotatable bonds is 6. The molecule has 1 aromatic heterocycles. The predicted octanol–water partition coefficient (Wildman–Crippen LogP) is 3.11. The number of urea groups is 1. The van der Waals surface area contributed by atoms with Crippen molar-refractivity contribution < 1.29 is 13.9 Å². The molecule has 3 aromatic rings. The second-order valence-corrected chi connectivity index (χ2v) is 5.23. The molecule has 0 bridgehead atoms. The van der Waals surface area contributed by atoms with E-state index in [9.17, 15) is 4.79 Å². The molecule has 1 heterocycles. The molecule has 0 fully saturated rings. The predicted molar refractivity (Wildman–Crippen MR) is 93.5 cm³/mol. The summed E-state index contributed by atoms with van der Waals surface area (Å²) in [5.74, 6) is 1.66. The number of anilines is 1. The van der Waals surface area contributed by atoms with Crippen LogP contribution in [-0.2, 0) is 6.42 Å². The van der Waals surface area contributed by atoms with E-state index in [1.54, 1.807) is 7.11 Å². The van der Waals surface area contributed by atoms with Crippen LogP contribution in [-0.4, -0.2) is 29.9 Å². The molecule has 2 N–H and O–H groups in total. The molecule has 0 aliphatic heterocycles. The third-order valence-electron chi connectivity index (χ3n) is 3.46. The van der Waals surface area contributed by atoms with Gasteiger partial charge in [0.05, 0.1) is 7.11 Å². The second-order valence-electron chi connectivity index (χ2n) is 5.23. The Morgan fingerprint density at radius 1 is 1.08 bits per heavy atom. The maximum atomic E-state index is 11.8. The van der Waals surface area contributed by atoms with Gasteiger partial charge in [0, 0.05) is 24.2 Å². The van der Waals surface area contributed by atoms with Crippen molar-refractivity contribution in [1.29, 1.82) is 0 Å². The minimum absolute atomic E-state index is 0.277. The van der Waals surface area contributed by atoms with E-state index in [1.807, 2.05) is 54.6 Å². The van der Waals surface area contributed by atoms with Gasteiger partial charge in [-0.15, -0.1) is 10.2 Å². The van der Waals surface area contributed by atoms with E-state index < -0.39 is 0 Å². The lowest BCUT2D eigenvalue weighted by molar-refractivity contribution is 0.252. The van der Waals surface area contributed by atoms with Gasteiger partial charge >= 0.3 is 6.03 Å². The van der Waals surface area contributed by atoms with Crippen molar-refractivity contribution in [2.75, 3.05) is 19.0 Å². The van der Waals surface area contributed by atoms with Gasteiger partial charge < -0.3 is 19.8 Å². The molecular formula is C18H18N4O3. The van der Waals surface area contributed by atoms with E-state index in [0.717, 1.165) is 17.0 Å². The number of amides is 2. The first-order chi connectivity index (χ1) is 12.2. The van der Waals surface area contributed by atoms with Crippen LogP contribution < -0.4 is 15.4 Å². The molecule has 2 aromatic carbocycles. The molecule has 2 amide bonds. The van der Waals surface area contributed by atoms with E-state index in [0.29, 0.717) is 24.7 Å². The SMILES string of the molecule is COc1ccc(-c2nnc(CCNC(=O)Nc3ccccc3)o2)cc1. The molecule has 0 spiro atoms. The Balaban J connectivity index is 1.49. The number of methoxy groups -OCH3 is 1. The van der Waals surface area contributed by atoms with Crippen molar-refractivity contribution in [2.24, 2.45) is 0 Å². The van der Waals surface area contributed by atoms with Crippen LogP contribution in [0.2, 0.25) is 0 Å². The van der Waals surface area contributed by atoms with Crippen LogP contribution in [0, 0.1) is 0 Å². The number of hydrogen-bond acceptors (Lipinski definition) is 5. The number of carbonyl (C=O) groups excluding carboxylic acids is 1. The maximum absolute atomic E-state index is 11.8. The zero-order valence-corrected chi connectivity index (χ0v) is 13.7. The first-order valence-corrected chi connectivity index (χ1v) is 7.81. The number of hydrogen-bond donors (Lipinski definition) is 2. The quantitative estimate of drug-likeness (QED) is 0.721. The summed E-state index contributed by atoms with van der Waals surface area (Å²) in [4.78, 5) is 11.8. The van der Waals surface area contributed by atoms with E-state index >= 15 is 0 Å². The number of nitrogens with one attached hydrogen (secondary N) is 2. The second kappa shape index (κ2) is 7.96. The zero-order chi connectivity index (χ0) is 17.5. The average molecular weight is 338 g/mol. The van der Waals surface area contributed by atoms with Crippen LogP contribution in [0.15, 0.2) is 59.0 Å². The van der Waals surface area contributed by atoms with Gasteiger partial charge in [0.25, 0.3) is 0 Å². The van der Waals surface area contributed by atoms with Gasteiger partial charge in [-0.3, -0.25) is 0 Å². The molecule has 7 heteroatoms. The molecule has 0 saturated carbocycles. The minimum atomic E-state index is -0.277. The molecule has 25 heavy (non-hydrogen) atoms. The van der Waals surface area contributed by atoms with Crippen molar-refractivity contribution >= 4 is 11.7 Å². The molecule has 7 nitrogen and oxygen atoms in total. The fraction of sp³-hybridized carbons (Fsp3) is 0.167. The zero-order valence-electron chi connectivity index (χ0n) is 13.7. The molecule has 128 valence electrons. The van der Waals surface area contributed by atoms with E-state index in [1.165, 1.54) is 0 Å². The monoisotopic (exact) mass is 338 g/mol. The van der Waals surface area contributed by atoms with Crippen molar-refractivity contribution in [3.8, 4) is 17.2 Å². The third-order valence-corrected chi connectivity index (χ3v) is 3.46. The van der Waals surface area contributed by atoms with Gasteiger partial charge in [0.15, 0.2) is 0 Å². The maximum Gasteiger partial charge on any atom is 0.319 e. The lowest BCUT2D eigenvalue weighted by Gasteiger charge is -2.06. The molecule has 0 aliphatic rings. The Morgan fingerprint density at radius 2 is 1.84 bits per heavy atom.